The summed E-state index contributed by atoms with van der Waals surface area (Å²) in [5.74, 6) is 0. The van der Waals surface area contributed by atoms with Crippen LogP contribution in [-0.2, 0) is 4.43 Å². The minimum absolute atomic E-state index is 1.25. The summed E-state index contributed by atoms with van der Waals surface area (Å²) in [4.78, 5) is 0. The van der Waals surface area contributed by atoms with Crippen LogP contribution in [0.2, 0.25) is 18.1 Å². The molecule has 0 aromatic carbocycles. The highest BCUT2D eigenvalue weighted by molar-refractivity contribution is 6.73. The standard InChI is InChI=1S/C12H24OSi/c1-4-14(5-2,6-3)13-11-12-9-7-8-10-12/h11H,4-10H2,1-3H3. The Morgan fingerprint density at radius 1 is 1.07 bits per heavy atom. The number of rotatable bonds is 5. The summed E-state index contributed by atoms with van der Waals surface area (Å²) in [7, 11) is -1.36. The third-order valence-electron chi connectivity index (χ3n) is 3.65. The van der Waals surface area contributed by atoms with Gasteiger partial charge in [0.2, 0.25) is 8.32 Å². The Hall–Kier alpha value is -0.243. The first-order valence-corrected chi connectivity index (χ1v) is 8.65. The predicted octanol–water partition coefficient (Wildman–Crippen LogP) is 4.47. The van der Waals surface area contributed by atoms with Gasteiger partial charge in [-0.3, -0.25) is 0 Å². The van der Waals surface area contributed by atoms with Crippen molar-refractivity contribution in [3.63, 3.8) is 0 Å². The number of allylic oxidation sites excluding steroid dienone is 1. The van der Waals surface area contributed by atoms with E-state index in [1.807, 2.05) is 0 Å². The highest BCUT2D eigenvalue weighted by Gasteiger charge is 2.29. The van der Waals surface area contributed by atoms with Crippen molar-refractivity contribution in [2.45, 2.75) is 64.6 Å². The highest BCUT2D eigenvalue weighted by atomic mass is 28.4. The maximum atomic E-state index is 6.14. The van der Waals surface area contributed by atoms with E-state index in [0.29, 0.717) is 0 Å². The molecule has 1 fully saturated rings. The SMILES string of the molecule is CC[Si](CC)(CC)OC=C1CCCC1. The first-order valence-electron chi connectivity index (χ1n) is 6.12. The van der Waals surface area contributed by atoms with Crippen molar-refractivity contribution in [1.82, 2.24) is 0 Å². The Labute approximate surface area is 89.7 Å². The molecular formula is C12H24OSi. The highest BCUT2D eigenvalue weighted by Crippen LogP contribution is 2.27. The second-order valence-electron chi connectivity index (χ2n) is 4.34. The molecule has 0 amide bonds. The third-order valence-corrected chi connectivity index (χ3v) is 8.14. The molecule has 0 atom stereocenters. The summed E-state index contributed by atoms with van der Waals surface area (Å²) in [6.07, 6.45) is 7.42. The van der Waals surface area contributed by atoms with Gasteiger partial charge in [0.15, 0.2) is 0 Å². The van der Waals surface area contributed by atoms with Gasteiger partial charge in [0.1, 0.15) is 0 Å². The molecule has 0 heterocycles. The zero-order valence-electron chi connectivity index (χ0n) is 9.94. The Balaban J connectivity index is 2.50. The first kappa shape index (κ1) is 11.8. The average Bonchev–Trinajstić information content (AvgIpc) is 2.74. The summed E-state index contributed by atoms with van der Waals surface area (Å²) in [6, 6.07) is 3.76. The van der Waals surface area contributed by atoms with Crippen LogP contribution in [0.3, 0.4) is 0 Å². The molecule has 0 bridgehead atoms. The van der Waals surface area contributed by atoms with Crippen molar-refractivity contribution in [3.8, 4) is 0 Å². The topological polar surface area (TPSA) is 9.23 Å². The molecule has 0 aromatic rings. The van der Waals surface area contributed by atoms with Crippen LogP contribution in [0.5, 0.6) is 0 Å². The van der Waals surface area contributed by atoms with Gasteiger partial charge in [0.25, 0.3) is 0 Å². The summed E-state index contributed by atoms with van der Waals surface area (Å²) < 4.78 is 6.14. The van der Waals surface area contributed by atoms with Crippen LogP contribution in [0, 0.1) is 0 Å². The molecule has 1 aliphatic carbocycles. The molecule has 0 N–H and O–H groups in total. The van der Waals surface area contributed by atoms with Crippen molar-refractivity contribution < 1.29 is 4.43 Å². The van der Waals surface area contributed by atoms with Gasteiger partial charge >= 0.3 is 0 Å². The van der Waals surface area contributed by atoms with Crippen LogP contribution in [0.1, 0.15) is 46.5 Å². The summed E-state index contributed by atoms with van der Waals surface area (Å²) in [5, 5.41) is 0. The zero-order chi connectivity index (χ0) is 10.4. The number of hydrogen-bond acceptors (Lipinski definition) is 1. The van der Waals surface area contributed by atoms with Crippen LogP contribution in [0.4, 0.5) is 0 Å². The normalized spacial score (nSPS) is 17.2. The molecule has 0 saturated heterocycles. The lowest BCUT2D eigenvalue weighted by atomic mass is 10.3. The van der Waals surface area contributed by atoms with Gasteiger partial charge in [-0.25, -0.2) is 0 Å². The predicted molar refractivity (Wildman–Crippen MR) is 64.8 cm³/mol. The molecule has 2 heteroatoms. The van der Waals surface area contributed by atoms with Crippen molar-refractivity contribution in [3.05, 3.63) is 11.8 Å². The van der Waals surface area contributed by atoms with Crippen LogP contribution < -0.4 is 0 Å². The summed E-state index contributed by atoms with van der Waals surface area (Å²) in [5.41, 5.74) is 1.55. The maximum Gasteiger partial charge on any atom is 0.249 e. The van der Waals surface area contributed by atoms with Gasteiger partial charge in [-0.05, 0) is 49.4 Å². The molecule has 1 aliphatic rings. The van der Waals surface area contributed by atoms with Crippen molar-refractivity contribution in [1.29, 1.82) is 0 Å². The second kappa shape index (κ2) is 5.59. The fourth-order valence-electron chi connectivity index (χ4n) is 2.16. The molecule has 1 nitrogen and oxygen atoms in total. The van der Waals surface area contributed by atoms with Crippen molar-refractivity contribution >= 4 is 8.32 Å². The quantitative estimate of drug-likeness (QED) is 0.483. The maximum absolute atomic E-state index is 6.14. The average molecular weight is 212 g/mol. The lowest BCUT2D eigenvalue weighted by molar-refractivity contribution is 0.450. The van der Waals surface area contributed by atoms with Gasteiger partial charge < -0.3 is 4.43 Å². The second-order valence-corrected chi connectivity index (χ2v) is 9.07. The van der Waals surface area contributed by atoms with E-state index in [4.69, 9.17) is 4.43 Å². The minimum Gasteiger partial charge on any atom is -0.549 e. The van der Waals surface area contributed by atoms with E-state index in [2.05, 4.69) is 27.0 Å². The van der Waals surface area contributed by atoms with E-state index in [9.17, 15) is 0 Å². The van der Waals surface area contributed by atoms with Gasteiger partial charge in [-0.15, -0.1) is 0 Å². The molecule has 1 rings (SSSR count). The Bertz CT molecular complexity index is 178. The van der Waals surface area contributed by atoms with Crippen LogP contribution >= 0.6 is 0 Å². The Morgan fingerprint density at radius 2 is 1.57 bits per heavy atom. The minimum atomic E-state index is -1.36. The summed E-state index contributed by atoms with van der Waals surface area (Å²) in [6.45, 7) is 6.85. The lowest BCUT2D eigenvalue weighted by Crippen LogP contribution is -2.33. The molecule has 82 valence electrons. The molecule has 1 saturated carbocycles. The molecule has 0 aliphatic heterocycles. The smallest absolute Gasteiger partial charge is 0.249 e. The van der Waals surface area contributed by atoms with Gasteiger partial charge in [-0.2, -0.15) is 0 Å². The first-order chi connectivity index (χ1) is 6.76. The zero-order valence-corrected chi connectivity index (χ0v) is 10.9. The molecule has 0 spiro atoms. The van der Waals surface area contributed by atoms with E-state index < -0.39 is 8.32 Å². The van der Waals surface area contributed by atoms with Crippen LogP contribution in [-0.4, -0.2) is 8.32 Å². The van der Waals surface area contributed by atoms with Gasteiger partial charge in [0, 0.05) is 0 Å². The van der Waals surface area contributed by atoms with E-state index in [1.165, 1.54) is 43.8 Å². The number of hydrogen-bond donors (Lipinski definition) is 0. The van der Waals surface area contributed by atoms with E-state index >= 15 is 0 Å². The molecule has 14 heavy (non-hydrogen) atoms. The largest absolute Gasteiger partial charge is 0.549 e. The van der Waals surface area contributed by atoms with Crippen LogP contribution in [0.15, 0.2) is 11.8 Å². The molecular weight excluding hydrogens is 188 g/mol. The van der Waals surface area contributed by atoms with Crippen molar-refractivity contribution in [2.24, 2.45) is 0 Å². The Kier molecular flexibility index (Phi) is 4.73. The van der Waals surface area contributed by atoms with E-state index in [-0.39, 0.29) is 0 Å². The Morgan fingerprint density at radius 3 is 2.00 bits per heavy atom. The third kappa shape index (κ3) is 2.87. The molecule has 0 unspecified atom stereocenters. The van der Waals surface area contributed by atoms with Gasteiger partial charge in [-0.1, -0.05) is 20.8 Å². The van der Waals surface area contributed by atoms with Crippen LogP contribution in [0.25, 0.3) is 0 Å². The fourth-order valence-corrected chi connectivity index (χ4v) is 4.57. The molecule has 0 aromatic heterocycles. The lowest BCUT2D eigenvalue weighted by Gasteiger charge is -2.27. The molecule has 0 radical (unpaired) electrons. The van der Waals surface area contributed by atoms with E-state index in [0.717, 1.165) is 0 Å². The van der Waals surface area contributed by atoms with E-state index in [1.54, 1.807) is 5.57 Å². The van der Waals surface area contributed by atoms with Crippen molar-refractivity contribution in [2.75, 3.05) is 0 Å². The van der Waals surface area contributed by atoms with Gasteiger partial charge in [0.05, 0.1) is 6.26 Å². The fraction of sp³-hybridized carbons (Fsp3) is 0.833. The summed E-state index contributed by atoms with van der Waals surface area (Å²) >= 11 is 0. The monoisotopic (exact) mass is 212 g/mol.